The molecule has 2 aliphatic carbocycles. The summed E-state index contributed by atoms with van der Waals surface area (Å²) in [6.45, 7) is 0. The van der Waals surface area contributed by atoms with Crippen LogP contribution in [0.3, 0.4) is 0 Å². The number of aromatic nitrogens is 4. The molecule has 2 N–H and O–H groups in total. The molecule has 0 saturated heterocycles. The quantitative estimate of drug-likeness (QED) is 0.319. The Bertz CT molecular complexity index is 664. The molecule has 0 amide bonds. The van der Waals surface area contributed by atoms with Crippen molar-refractivity contribution < 1.29 is 46.5 Å². The average Bonchev–Trinajstić information content (AvgIpc) is 2.80. The molecule has 2 aliphatic rings. The van der Waals surface area contributed by atoms with Crippen molar-refractivity contribution in [2.24, 2.45) is 0 Å². The Morgan fingerprint density at radius 1 is 0.690 bits per heavy atom. The predicted molar refractivity (Wildman–Crippen MR) is 99.6 cm³/mol. The van der Waals surface area contributed by atoms with Crippen LogP contribution in [-0.4, -0.2) is 20.5 Å². The van der Waals surface area contributed by atoms with Crippen LogP contribution in [0.4, 0.5) is 0 Å². The first-order chi connectivity index (χ1) is 13.8. The molecule has 0 aromatic carbocycles. The van der Waals surface area contributed by atoms with Gasteiger partial charge in [-0.2, -0.15) is 19.6 Å². The SMILES string of the molecule is OOc1cncc[n+]1C1CCCCC1.OOc1cncc[n+]1C1CCCCC1.[Cu]. The van der Waals surface area contributed by atoms with Crippen LogP contribution in [0.1, 0.15) is 76.3 Å². The molecule has 2 fully saturated rings. The molecule has 163 valence electrons. The van der Waals surface area contributed by atoms with E-state index in [0.29, 0.717) is 23.8 Å². The fourth-order valence-electron chi connectivity index (χ4n) is 4.18. The van der Waals surface area contributed by atoms with Gasteiger partial charge < -0.3 is 0 Å². The molecule has 0 aliphatic heterocycles. The van der Waals surface area contributed by atoms with Crippen LogP contribution in [0, 0.1) is 0 Å². The van der Waals surface area contributed by atoms with Gasteiger partial charge in [-0.3, -0.25) is 9.78 Å². The van der Waals surface area contributed by atoms with E-state index in [0.717, 1.165) is 25.7 Å². The number of hydrogen-bond acceptors (Lipinski definition) is 6. The van der Waals surface area contributed by atoms with Crippen molar-refractivity contribution in [2.45, 2.75) is 76.3 Å². The van der Waals surface area contributed by atoms with Crippen LogP contribution in [0.15, 0.2) is 37.2 Å². The summed E-state index contributed by atoms with van der Waals surface area (Å²) in [6.07, 6.45) is 22.5. The fourth-order valence-corrected chi connectivity index (χ4v) is 4.18. The Balaban J connectivity index is 0.000000200. The molecule has 2 aromatic heterocycles. The third kappa shape index (κ3) is 6.60. The Morgan fingerprint density at radius 3 is 1.41 bits per heavy atom. The third-order valence-electron chi connectivity index (χ3n) is 5.63. The molecule has 8 nitrogen and oxygen atoms in total. The zero-order chi connectivity index (χ0) is 19.6. The molecule has 4 rings (SSSR count). The molecular weight excluding hydrogens is 424 g/mol. The van der Waals surface area contributed by atoms with Gasteiger partial charge in [0, 0.05) is 42.8 Å². The summed E-state index contributed by atoms with van der Waals surface area (Å²) in [6, 6.07) is 0.905. The smallest absolute Gasteiger partial charge is 0.272 e. The first kappa shape index (κ1) is 23.5. The van der Waals surface area contributed by atoms with Gasteiger partial charge in [0.1, 0.15) is 12.4 Å². The first-order valence-electron chi connectivity index (χ1n) is 10.2. The average molecular weight is 454 g/mol. The van der Waals surface area contributed by atoms with Crippen LogP contribution in [-0.2, 0) is 17.1 Å². The van der Waals surface area contributed by atoms with Crippen LogP contribution >= 0.6 is 0 Å². The molecular formula is C20H30CuN4O4+2. The van der Waals surface area contributed by atoms with E-state index in [2.05, 4.69) is 19.7 Å². The van der Waals surface area contributed by atoms with Crippen molar-refractivity contribution in [1.82, 2.24) is 9.97 Å². The molecule has 0 spiro atoms. The minimum atomic E-state index is 0. The van der Waals surface area contributed by atoms with Crippen molar-refractivity contribution in [3.8, 4) is 11.8 Å². The normalized spacial score (nSPS) is 17.4. The van der Waals surface area contributed by atoms with E-state index in [1.807, 2.05) is 21.5 Å². The van der Waals surface area contributed by atoms with Crippen LogP contribution in [0.25, 0.3) is 0 Å². The summed E-state index contributed by atoms with van der Waals surface area (Å²) >= 11 is 0. The summed E-state index contributed by atoms with van der Waals surface area (Å²) in [5.74, 6) is 0.860. The Labute approximate surface area is 181 Å². The van der Waals surface area contributed by atoms with Gasteiger partial charge in [-0.1, -0.05) is 12.8 Å². The second kappa shape index (κ2) is 12.7. The summed E-state index contributed by atoms with van der Waals surface area (Å²) in [5, 5.41) is 17.4. The van der Waals surface area contributed by atoms with Gasteiger partial charge >= 0.3 is 11.8 Å². The molecule has 9 heteroatoms. The molecule has 0 atom stereocenters. The van der Waals surface area contributed by atoms with Crippen LogP contribution in [0.5, 0.6) is 11.8 Å². The fraction of sp³-hybridized carbons (Fsp3) is 0.600. The number of nitrogens with zero attached hydrogens (tertiary/aromatic N) is 4. The summed E-state index contributed by atoms with van der Waals surface area (Å²) in [7, 11) is 0. The molecule has 2 heterocycles. The van der Waals surface area contributed by atoms with Crippen molar-refractivity contribution in [3.63, 3.8) is 0 Å². The second-order valence-electron chi connectivity index (χ2n) is 7.41. The molecule has 29 heavy (non-hydrogen) atoms. The maximum atomic E-state index is 8.69. The van der Waals surface area contributed by atoms with Crippen molar-refractivity contribution >= 4 is 0 Å². The van der Waals surface area contributed by atoms with Gasteiger partial charge in [0.15, 0.2) is 24.5 Å². The summed E-state index contributed by atoms with van der Waals surface area (Å²) in [5.41, 5.74) is 0. The molecule has 0 bridgehead atoms. The topological polar surface area (TPSA) is 92.5 Å². The van der Waals surface area contributed by atoms with E-state index >= 15 is 0 Å². The standard InChI is InChI=1S/2C10H14N2O2.Cu/c2*13-14-10-8-11-6-7-12(10)9-4-2-1-3-5-9;/h2*6-9H,1-5H2;/p+2. The summed E-state index contributed by atoms with van der Waals surface area (Å²) < 4.78 is 3.93. The number of rotatable bonds is 4. The van der Waals surface area contributed by atoms with Gasteiger partial charge in [0.05, 0.1) is 12.4 Å². The molecule has 0 unspecified atom stereocenters. The minimum absolute atomic E-state index is 0. The van der Waals surface area contributed by atoms with Crippen molar-refractivity contribution in [3.05, 3.63) is 37.2 Å². The third-order valence-corrected chi connectivity index (χ3v) is 5.63. The Kier molecular flexibility index (Phi) is 10.3. The van der Waals surface area contributed by atoms with E-state index in [1.54, 1.807) is 12.4 Å². The van der Waals surface area contributed by atoms with Gasteiger partial charge in [0.25, 0.3) is 0 Å². The molecule has 1 radical (unpaired) electrons. The number of hydrogen-bond donors (Lipinski definition) is 2. The Morgan fingerprint density at radius 2 is 1.07 bits per heavy atom. The zero-order valence-corrected chi connectivity index (χ0v) is 17.4. The van der Waals surface area contributed by atoms with Crippen molar-refractivity contribution in [2.75, 3.05) is 0 Å². The largest absolute Gasteiger partial charge is 0.418 e. The monoisotopic (exact) mass is 453 g/mol. The van der Waals surface area contributed by atoms with Crippen molar-refractivity contribution in [1.29, 1.82) is 0 Å². The Hall–Kier alpha value is -1.80. The van der Waals surface area contributed by atoms with Gasteiger partial charge in [-0.15, -0.1) is 0 Å². The van der Waals surface area contributed by atoms with E-state index in [9.17, 15) is 0 Å². The van der Waals surface area contributed by atoms with Gasteiger partial charge in [-0.25, -0.2) is 9.97 Å². The van der Waals surface area contributed by atoms with E-state index in [-0.39, 0.29) is 17.1 Å². The molecule has 2 aromatic rings. The zero-order valence-electron chi connectivity index (χ0n) is 16.5. The van der Waals surface area contributed by atoms with Crippen LogP contribution < -0.4 is 18.9 Å². The minimum Gasteiger partial charge on any atom is -0.272 e. The van der Waals surface area contributed by atoms with E-state index < -0.39 is 0 Å². The first-order valence-corrected chi connectivity index (χ1v) is 10.2. The van der Waals surface area contributed by atoms with E-state index in [4.69, 9.17) is 10.5 Å². The predicted octanol–water partition coefficient (Wildman–Crippen LogP) is 3.45. The van der Waals surface area contributed by atoms with Crippen LogP contribution in [0.2, 0.25) is 0 Å². The summed E-state index contributed by atoms with van der Waals surface area (Å²) in [4.78, 5) is 16.4. The van der Waals surface area contributed by atoms with Gasteiger partial charge in [0.2, 0.25) is 0 Å². The van der Waals surface area contributed by atoms with E-state index in [1.165, 1.54) is 50.9 Å². The molecule has 2 saturated carbocycles. The maximum Gasteiger partial charge on any atom is 0.418 e. The second-order valence-corrected chi connectivity index (χ2v) is 7.41. The maximum absolute atomic E-state index is 8.69. The van der Waals surface area contributed by atoms with Gasteiger partial charge in [-0.05, 0) is 25.7 Å².